The Morgan fingerprint density at radius 2 is 1.71 bits per heavy atom. The van der Waals surface area contributed by atoms with E-state index in [-0.39, 0.29) is 51.0 Å². The highest BCUT2D eigenvalue weighted by Gasteiger charge is 2.59. The van der Waals surface area contributed by atoms with Gasteiger partial charge in [-0.25, -0.2) is 18.2 Å². The summed E-state index contributed by atoms with van der Waals surface area (Å²) in [5, 5.41) is 3.22. The molecule has 0 spiro atoms. The molecule has 3 fully saturated rings. The molecule has 1 N–H and O–H groups in total. The Morgan fingerprint density at radius 3 is 2.40 bits per heavy atom. The quantitative estimate of drug-likeness (QED) is 0.326. The summed E-state index contributed by atoms with van der Waals surface area (Å²) < 4.78 is 52.0. The highest BCUT2D eigenvalue weighted by molar-refractivity contribution is 7.93. The maximum Gasteiger partial charge on any atom is 0.318 e. The molecule has 0 saturated carbocycles. The second-order valence-corrected chi connectivity index (χ2v) is 15.4. The molecule has 52 heavy (non-hydrogen) atoms. The number of amides is 3. The zero-order valence-electron chi connectivity index (χ0n) is 29.4. The molecule has 5 heterocycles. The van der Waals surface area contributed by atoms with Crippen molar-refractivity contribution >= 4 is 39.2 Å². The van der Waals surface area contributed by atoms with E-state index < -0.39 is 27.5 Å². The van der Waals surface area contributed by atoms with E-state index in [0.717, 1.165) is 52.2 Å². The number of benzene rings is 2. The van der Waals surface area contributed by atoms with E-state index in [1.165, 1.54) is 56.8 Å². The molecule has 0 radical (unpaired) electrons. The maximum atomic E-state index is 15.1. The number of carbonyl (C=O) groups excluding carboxylic acids is 2. The standard InChI is InChI=1S/C36H43ClN6O8S/c1-4-51-33-28(6-5-13-38-33)36(39-35(45)42-22-26(23-42)40-14-11-25(12-15-40)41-16-18-50-19-17-41)29-20-24(37)7-9-30(29)43(34(36)44)52(46,47)32-10-8-27(48-2)21-31(32)49-3/h5-10,13,20-21,25-26H,4,11-12,14-19,22-23H2,1-3H3,(H,39,45). The average molecular weight is 755 g/mol. The molecule has 1 aromatic heterocycles. The van der Waals surface area contributed by atoms with Gasteiger partial charge in [-0.2, -0.15) is 4.31 Å². The Labute approximate surface area is 308 Å². The summed E-state index contributed by atoms with van der Waals surface area (Å²) in [6.07, 6.45) is 3.62. The molecule has 3 aromatic rings. The van der Waals surface area contributed by atoms with Crippen molar-refractivity contribution in [2.45, 2.75) is 42.3 Å². The first-order valence-electron chi connectivity index (χ1n) is 17.5. The van der Waals surface area contributed by atoms with Gasteiger partial charge in [-0.3, -0.25) is 14.6 Å². The minimum atomic E-state index is -4.65. The van der Waals surface area contributed by atoms with Crippen LogP contribution in [0.2, 0.25) is 5.02 Å². The van der Waals surface area contributed by atoms with Crippen molar-refractivity contribution in [3.05, 3.63) is 70.9 Å². The third kappa shape index (κ3) is 6.31. The molecule has 4 aliphatic heterocycles. The lowest BCUT2D eigenvalue weighted by Gasteiger charge is -2.49. The number of likely N-dealkylation sites (tertiary alicyclic amines) is 2. The number of sulfonamides is 1. The maximum absolute atomic E-state index is 15.1. The number of urea groups is 1. The summed E-state index contributed by atoms with van der Waals surface area (Å²) in [4.78, 5) is 40.1. The summed E-state index contributed by atoms with van der Waals surface area (Å²) in [5.74, 6) is -0.549. The Bertz CT molecular complexity index is 1930. The highest BCUT2D eigenvalue weighted by Crippen LogP contribution is 2.50. The minimum Gasteiger partial charge on any atom is -0.497 e. The molecule has 1 atom stereocenters. The van der Waals surface area contributed by atoms with Crippen molar-refractivity contribution in [3.63, 3.8) is 0 Å². The fourth-order valence-electron chi connectivity index (χ4n) is 7.71. The van der Waals surface area contributed by atoms with Gasteiger partial charge in [0.1, 0.15) is 16.4 Å². The molecule has 2 aromatic carbocycles. The molecule has 16 heteroatoms. The van der Waals surface area contributed by atoms with E-state index in [0.29, 0.717) is 29.2 Å². The molecule has 14 nitrogen and oxygen atoms in total. The van der Waals surface area contributed by atoms with Crippen molar-refractivity contribution in [1.82, 2.24) is 25.0 Å². The van der Waals surface area contributed by atoms with Gasteiger partial charge in [-0.05, 0) is 62.2 Å². The number of piperidine rings is 1. The average Bonchev–Trinajstić information content (AvgIpc) is 3.38. The zero-order chi connectivity index (χ0) is 36.6. The molecule has 3 amide bonds. The van der Waals surface area contributed by atoms with Gasteiger partial charge in [0.15, 0.2) is 5.54 Å². The lowest BCUT2D eigenvalue weighted by molar-refractivity contribution is -0.121. The number of methoxy groups -OCH3 is 2. The molecular formula is C36H43ClN6O8S. The van der Waals surface area contributed by atoms with Crippen molar-refractivity contribution in [2.75, 3.05) is 77.6 Å². The van der Waals surface area contributed by atoms with Crippen LogP contribution in [0.5, 0.6) is 17.4 Å². The topological polar surface area (TPSA) is 143 Å². The third-order valence-corrected chi connectivity index (χ3v) is 12.4. The number of anilines is 1. The van der Waals surface area contributed by atoms with Gasteiger partial charge >= 0.3 is 6.03 Å². The molecule has 4 aliphatic rings. The number of ether oxygens (including phenoxy) is 4. The lowest BCUT2D eigenvalue weighted by Crippen LogP contribution is -2.67. The smallest absolute Gasteiger partial charge is 0.318 e. The summed E-state index contributed by atoms with van der Waals surface area (Å²) in [6.45, 7) is 8.23. The Balaban J connectivity index is 1.21. The fourth-order valence-corrected chi connectivity index (χ4v) is 9.49. The van der Waals surface area contributed by atoms with Crippen LogP contribution in [0, 0.1) is 0 Å². The summed E-state index contributed by atoms with van der Waals surface area (Å²) >= 11 is 6.55. The van der Waals surface area contributed by atoms with Gasteiger partial charge < -0.3 is 29.2 Å². The van der Waals surface area contributed by atoms with Crippen molar-refractivity contribution < 1.29 is 37.0 Å². The van der Waals surface area contributed by atoms with E-state index >= 15 is 4.79 Å². The van der Waals surface area contributed by atoms with Crippen LogP contribution in [-0.4, -0.2) is 125 Å². The minimum absolute atomic E-state index is 0.0171. The normalized spacial score (nSPS) is 21.8. The number of aromatic nitrogens is 1. The number of pyridine rings is 1. The number of nitrogens with one attached hydrogen (secondary N) is 1. The van der Waals surface area contributed by atoms with Gasteiger partial charge in [-0.15, -0.1) is 0 Å². The van der Waals surface area contributed by atoms with Crippen LogP contribution in [0.4, 0.5) is 10.5 Å². The van der Waals surface area contributed by atoms with Gasteiger partial charge in [0.2, 0.25) is 5.88 Å². The van der Waals surface area contributed by atoms with Crippen LogP contribution in [0.25, 0.3) is 0 Å². The first-order chi connectivity index (χ1) is 25.1. The number of nitrogens with zero attached hydrogens (tertiary/aromatic N) is 5. The molecule has 0 bridgehead atoms. The van der Waals surface area contributed by atoms with E-state index in [9.17, 15) is 13.2 Å². The molecule has 1 unspecified atom stereocenters. The second-order valence-electron chi connectivity index (χ2n) is 13.2. The molecular weight excluding hydrogens is 712 g/mol. The predicted molar refractivity (Wildman–Crippen MR) is 193 cm³/mol. The number of hydrogen-bond acceptors (Lipinski definition) is 11. The van der Waals surface area contributed by atoms with Crippen molar-refractivity contribution in [2.24, 2.45) is 0 Å². The van der Waals surface area contributed by atoms with Gasteiger partial charge in [0.25, 0.3) is 15.9 Å². The van der Waals surface area contributed by atoms with Crippen LogP contribution in [0.3, 0.4) is 0 Å². The SMILES string of the molecule is CCOc1ncccc1C1(NC(=O)N2CC(N3CCC(N4CCOCC4)CC3)C2)C(=O)N(S(=O)(=O)c2ccc(OC)cc2OC)c2ccc(Cl)cc21. The summed E-state index contributed by atoms with van der Waals surface area (Å²) in [7, 11) is -1.88. The Morgan fingerprint density at radius 1 is 0.981 bits per heavy atom. The number of halogens is 1. The predicted octanol–water partition coefficient (Wildman–Crippen LogP) is 3.32. The fraction of sp³-hybridized carbons (Fsp3) is 0.472. The van der Waals surface area contributed by atoms with E-state index in [4.69, 9.17) is 30.5 Å². The third-order valence-electron chi connectivity index (χ3n) is 10.5. The summed E-state index contributed by atoms with van der Waals surface area (Å²) in [6, 6.07) is 12.0. The van der Waals surface area contributed by atoms with E-state index in [2.05, 4.69) is 20.1 Å². The van der Waals surface area contributed by atoms with E-state index in [1.54, 1.807) is 24.0 Å². The Kier molecular flexibility index (Phi) is 10.2. The zero-order valence-corrected chi connectivity index (χ0v) is 31.0. The van der Waals surface area contributed by atoms with Crippen LogP contribution in [-0.2, 0) is 25.1 Å². The number of carbonyl (C=O) groups is 2. The highest BCUT2D eigenvalue weighted by atomic mass is 35.5. The molecule has 7 rings (SSSR count). The monoisotopic (exact) mass is 754 g/mol. The largest absolute Gasteiger partial charge is 0.497 e. The van der Waals surface area contributed by atoms with Gasteiger partial charge in [0, 0.05) is 74.2 Å². The van der Waals surface area contributed by atoms with Crippen LogP contribution < -0.4 is 23.8 Å². The van der Waals surface area contributed by atoms with Crippen molar-refractivity contribution in [1.29, 1.82) is 0 Å². The second kappa shape index (κ2) is 14.7. The number of hydrogen-bond donors (Lipinski definition) is 1. The van der Waals surface area contributed by atoms with Crippen molar-refractivity contribution in [3.8, 4) is 17.4 Å². The molecule has 0 aliphatic carbocycles. The van der Waals surface area contributed by atoms with Crippen LogP contribution in [0.1, 0.15) is 30.9 Å². The van der Waals surface area contributed by atoms with Gasteiger partial charge in [-0.1, -0.05) is 11.6 Å². The summed E-state index contributed by atoms with van der Waals surface area (Å²) in [5.41, 5.74) is -1.74. The van der Waals surface area contributed by atoms with Crippen LogP contribution in [0.15, 0.2) is 59.6 Å². The first-order valence-corrected chi connectivity index (χ1v) is 19.3. The Hall–Kier alpha value is -4.15. The lowest BCUT2D eigenvalue weighted by atomic mass is 9.84. The molecule has 278 valence electrons. The number of rotatable bonds is 10. The first kappa shape index (κ1) is 36.2. The number of morpholine rings is 1. The van der Waals surface area contributed by atoms with Crippen LogP contribution >= 0.6 is 11.6 Å². The molecule has 3 saturated heterocycles. The van der Waals surface area contributed by atoms with Gasteiger partial charge in [0.05, 0.1) is 45.3 Å². The van der Waals surface area contributed by atoms with E-state index in [1.807, 2.05) is 0 Å². The number of fused-ring (bicyclic) bond motifs is 1.